The van der Waals surface area contributed by atoms with Gasteiger partial charge in [0.05, 0.1) is 5.52 Å². The minimum atomic E-state index is -1.000. The van der Waals surface area contributed by atoms with Crippen LogP contribution >= 0.6 is 15.9 Å². The Bertz CT molecular complexity index is 902. The van der Waals surface area contributed by atoms with Crippen molar-refractivity contribution in [3.8, 4) is 0 Å². The molecular formula is C18H20BrN3O5. The van der Waals surface area contributed by atoms with E-state index in [2.05, 4.69) is 15.9 Å². The molecule has 1 aliphatic rings. The molecule has 0 bridgehead atoms. The molecule has 1 aromatic carbocycles. The van der Waals surface area contributed by atoms with Gasteiger partial charge in [-0.15, -0.1) is 0 Å². The van der Waals surface area contributed by atoms with Crippen LogP contribution in [0.2, 0.25) is 0 Å². The lowest BCUT2D eigenvalue weighted by Gasteiger charge is -2.37. The van der Waals surface area contributed by atoms with Gasteiger partial charge in [0.15, 0.2) is 0 Å². The number of aromatic nitrogens is 1. The van der Waals surface area contributed by atoms with E-state index in [4.69, 9.17) is 0 Å². The Kier molecular flexibility index (Phi) is 5.52. The second-order valence-corrected chi connectivity index (χ2v) is 7.47. The zero-order valence-corrected chi connectivity index (χ0v) is 16.3. The van der Waals surface area contributed by atoms with Crippen LogP contribution < -0.4 is 0 Å². The number of aliphatic carboxylic acids is 2. The van der Waals surface area contributed by atoms with Gasteiger partial charge in [-0.05, 0) is 12.1 Å². The number of carboxylic acid groups (broad SMARTS) is 2. The molecule has 0 spiro atoms. The number of piperazine rings is 1. The summed E-state index contributed by atoms with van der Waals surface area (Å²) in [7, 11) is 0. The van der Waals surface area contributed by atoms with Crippen molar-refractivity contribution in [2.24, 2.45) is 0 Å². The zero-order chi connectivity index (χ0) is 19.7. The molecular weight excluding hydrogens is 418 g/mol. The quantitative estimate of drug-likeness (QED) is 0.738. The number of hydrogen-bond acceptors (Lipinski definition) is 4. The minimum Gasteiger partial charge on any atom is -0.480 e. The molecule has 8 nitrogen and oxygen atoms in total. The Labute approximate surface area is 164 Å². The maximum absolute atomic E-state index is 12.1. The highest BCUT2D eigenvalue weighted by atomic mass is 79.9. The van der Waals surface area contributed by atoms with Gasteiger partial charge in [-0.25, -0.2) is 0 Å². The van der Waals surface area contributed by atoms with E-state index in [9.17, 15) is 24.6 Å². The Morgan fingerprint density at radius 3 is 2.37 bits per heavy atom. The number of fused-ring (bicyclic) bond motifs is 1. The van der Waals surface area contributed by atoms with Gasteiger partial charge in [-0.3, -0.25) is 19.3 Å². The van der Waals surface area contributed by atoms with Crippen molar-refractivity contribution < 1.29 is 24.6 Å². The van der Waals surface area contributed by atoms with E-state index >= 15 is 0 Å². The number of carbonyl (C=O) groups excluding carboxylic acids is 1. The first-order valence-corrected chi connectivity index (χ1v) is 9.29. The molecule has 0 saturated carbocycles. The van der Waals surface area contributed by atoms with Gasteiger partial charge in [-0.2, -0.15) is 0 Å². The third-order valence-electron chi connectivity index (χ3n) is 4.83. The lowest BCUT2D eigenvalue weighted by Crippen LogP contribution is -2.50. The van der Waals surface area contributed by atoms with Crippen molar-refractivity contribution in [2.45, 2.75) is 19.5 Å². The molecule has 2 aromatic rings. The number of carbonyl (C=O) groups is 3. The van der Waals surface area contributed by atoms with Crippen LogP contribution in [-0.2, 0) is 20.9 Å². The normalized spacial score (nSPS) is 16.4. The van der Waals surface area contributed by atoms with E-state index < -0.39 is 18.0 Å². The van der Waals surface area contributed by atoms with Crippen LogP contribution in [0.3, 0.4) is 0 Å². The van der Waals surface area contributed by atoms with E-state index in [0.717, 1.165) is 4.47 Å². The monoisotopic (exact) mass is 437 g/mol. The van der Waals surface area contributed by atoms with E-state index in [1.807, 2.05) is 11.0 Å². The van der Waals surface area contributed by atoms with Gasteiger partial charge in [0.1, 0.15) is 12.6 Å². The fraction of sp³-hybridized carbons (Fsp3) is 0.389. The van der Waals surface area contributed by atoms with Crippen LogP contribution in [0.4, 0.5) is 0 Å². The zero-order valence-electron chi connectivity index (χ0n) is 14.8. The van der Waals surface area contributed by atoms with Crippen LogP contribution in [0, 0.1) is 0 Å². The molecule has 2 heterocycles. The number of halogens is 1. The summed E-state index contributed by atoms with van der Waals surface area (Å²) in [5, 5.41) is 19.8. The summed E-state index contributed by atoms with van der Waals surface area (Å²) in [6.07, 6.45) is 1.61. The van der Waals surface area contributed by atoms with Gasteiger partial charge in [0.25, 0.3) is 0 Å². The SMILES string of the molecule is CC(=O)N1CCN([C@H](C(=O)O)c2cn(CC(=O)O)c3cc(Br)ccc23)CC1. The molecule has 1 amide bonds. The fourth-order valence-corrected chi connectivity index (χ4v) is 3.92. The Morgan fingerprint density at radius 1 is 1.15 bits per heavy atom. The third-order valence-corrected chi connectivity index (χ3v) is 5.33. The van der Waals surface area contributed by atoms with Gasteiger partial charge < -0.3 is 19.7 Å². The third kappa shape index (κ3) is 3.98. The lowest BCUT2D eigenvalue weighted by atomic mass is 10.0. The molecule has 0 aliphatic carbocycles. The first-order valence-electron chi connectivity index (χ1n) is 8.50. The van der Waals surface area contributed by atoms with Crippen molar-refractivity contribution >= 4 is 44.7 Å². The number of rotatable bonds is 5. The van der Waals surface area contributed by atoms with E-state index in [-0.39, 0.29) is 12.5 Å². The topological polar surface area (TPSA) is 103 Å². The number of hydrogen-bond donors (Lipinski definition) is 2. The van der Waals surface area contributed by atoms with Crippen LogP contribution in [0.25, 0.3) is 10.9 Å². The van der Waals surface area contributed by atoms with Crippen LogP contribution in [0.1, 0.15) is 18.5 Å². The molecule has 3 rings (SSSR count). The summed E-state index contributed by atoms with van der Waals surface area (Å²) in [4.78, 5) is 38.4. The highest BCUT2D eigenvalue weighted by molar-refractivity contribution is 9.10. The van der Waals surface area contributed by atoms with Gasteiger partial charge in [0.2, 0.25) is 5.91 Å². The average Bonchev–Trinajstić information content (AvgIpc) is 2.92. The number of amides is 1. The standard InChI is InChI=1S/C18H20BrN3O5/c1-11(23)20-4-6-21(7-5-20)17(18(26)27)14-9-22(10-16(24)25)15-8-12(19)2-3-13(14)15/h2-3,8-9,17H,4-7,10H2,1H3,(H,24,25)(H,26,27)/t17-/m0/s1. The summed E-state index contributed by atoms with van der Waals surface area (Å²) in [5.41, 5.74) is 1.22. The van der Waals surface area contributed by atoms with E-state index in [1.54, 1.807) is 27.8 Å². The Hall–Kier alpha value is -2.39. The molecule has 2 N–H and O–H groups in total. The fourth-order valence-electron chi connectivity index (χ4n) is 3.57. The second-order valence-electron chi connectivity index (χ2n) is 6.55. The highest BCUT2D eigenvalue weighted by Gasteiger charge is 2.33. The van der Waals surface area contributed by atoms with Crippen LogP contribution in [0.15, 0.2) is 28.9 Å². The Balaban J connectivity index is 2.01. The van der Waals surface area contributed by atoms with Crippen molar-refractivity contribution in [3.05, 3.63) is 34.4 Å². The second kappa shape index (κ2) is 7.69. The summed E-state index contributed by atoms with van der Waals surface area (Å²) in [5.74, 6) is -2.02. The molecule has 1 aromatic heterocycles. The van der Waals surface area contributed by atoms with Crippen molar-refractivity contribution in [1.29, 1.82) is 0 Å². The van der Waals surface area contributed by atoms with Gasteiger partial charge >= 0.3 is 11.9 Å². The molecule has 27 heavy (non-hydrogen) atoms. The predicted molar refractivity (Wildman–Crippen MR) is 101 cm³/mol. The van der Waals surface area contributed by atoms with Crippen molar-refractivity contribution in [2.75, 3.05) is 26.2 Å². The highest BCUT2D eigenvalue weighted by Crippen LogP contribution is 2.33. The largest absolute Gasteiger partial charge is 0.480 e. The number of nitrogens with zero attached hydrogens (tertiary/aromatic N) is 3. The molecule has 1 saturated heterocycles. The van der Waals surface area contributed by atoms with Crippen molar-refractivity contribution in [3.63, 3.8) is 0 Å². The van der Waals surface area contributed by atoms with Crippen molar-refractivity contribution in [1.82, 2.24) is 14.4 Å². The summed E-state index contributed by atoms with van der Waals surface area (Å²) < 4.78 is 2.34. The minimum absolute atomic E-state index is 0.0237. The van der Waals surface area contributed by atoms with Crippen LogP contribution in [-0.4, -0.2) is 68.6 Å². The first-order chi connectivity index (χ1) is 12.8. The summed E-state index contributed by atoms with van der Waals surface area (Å²) in [6, 6.07) is 4.49. The lowest BCUT2D eigenvalue weighted by molar-refractivity contribution is -0.145. The van der Waals surface area contributed by atoms with E-state index in [1.165, 1.54) is 6.92 Å². The first kappa shape index (κ1) is 19.4. The predicted octanol–water partition coefficient (Wildman–Crippen LogP) is 1.78. The maximum atomic E-state index is 12.1. The molecule has 9 heteroatoms. The summed E-state index contributed by atoms with van der Waals surface area (Å²) >= 11 is 3.38. The van der Waals surface area contributed by atoms with Gasteiger partial charge in [-0.1, -0.05) is 22.0 Å². The average molecular weight is 438 g/mol. The Morgan fingerprint density at radius 2 is 1.81 bits per heavy atom. The molecule has 144 valence electrons. The van der Waals surface area contributed by atoms with Crippen LogP contribution in [0.5, 0.6) is 0 Å². The molecule has 1 fully saturated rings. The molecule has 0 radical (unpaired) electrons. The molecule has 1 atom stereocenters. The number of benzene rings is 1. The number of carboxylic acids is 2. The van der Waals surface area contributed by atoms with Gasteiger partial charge in [0, 0.05) is 54.7 Å². The smallest absolute Gasteiger partial charge is 0.325 e. The maximum Gasteiger partial charge on any atom is 0.325 e. The molecule has 0 unspecified atom stereocenters. The summed E-state index contributed by atoms with van der Waals surface area (Å²) in [6.45, 7) is 3.08. The van der Waals surface area contributed by atoms with E-state index in [0.29, 0.717) is 42.6 Å². The molecule has 1 aliphatic heterocycles.